The summed E-state index contributed by atoms with van der Waals surface area (Å²) < 4.78 is 10.8. The number of para-hydroxylation sites is 1. The topological polar surface area (TPSA) is 64.6 Å². The van der Waals surface area contributed by atoms with Gasteiger partial charge < -0.3 is 14.8 Å². The van der Waals surface area contributed by atoms with E-state index in [0.29, 0.717) is 22.1 Å². The van der Waals surface area contributed by atoms with E-state index in [9.17, 15) is 9.59 Å². The third kappa shape index (κ3) is 4.70. The van der Waals surface area contributed by atoms with E-state index >= 15 is 0 Å². The highest BCUT2D eigenvalue weighted by atomic mass is 32.1. The SMILES string of the molecule is Cc1ccsc1C(=O)OCC(=O)Nc1cccc(Oc2ccccc2)c1. The van der Waals surface area contributed by atoms with Crippen LogP contribution in [0.25, 0.3) is 0 Å². The molecule has 5 nitrogen and oxygen atoms in total. The van der Waals surface area contributed by atoms with Crippen molar-refractivity contribution in [3.05, 3.63) is 76.5 Å². The largest absolute Gasteiger partial charge is 0.457 e. The fourth-order valence-corrected chi connectivity index (χ4v) is 3.05. The Kier molecular flexibility index (Phi) is 5.66. The number of benzene rings is 2. The van der Waals surface area contributed by atoms with Crippen LogP contribution in [0.15, 0.2) is 66.0 Å². The van der Waals surface area contributed by atoms with Crippen LogP contribution >= 0.6 is 11.3 Å². The summed E-state index contributed by atoms with van der Waals surface area (Å²) >= 11 is 1.29. The molecule has 26 heavy (non-hydrogen) atoms. The van der Waals surface area contributed by atoms with Gasteiger partial charge in [0.15, 0.2) is 6.61 Å². The van der Waals surface area contributed by atoms with Crippen LogP contribution in [0.1, 0.15) is 15.2 Å². The Bertz CT molecular complexity index is 905. The Labute approximate surface area is 155 Å². The van der Waals surface area contributed by atoms with E-state index in [1.54, 1.807) is 24.3 Å². The molecule has 0 saturated carbocycles. The lowest BCUT2D eigenvalue weighted by Gasteiger charge is -2.09. The molecule has 3 aromatic rings. The minimum Gasteiger partial charge on any atom is -0.457 e. The Morgan fingerprint density at radius 3 is 2.50 bits per heavy atom. The van der Waals surface area contributed by atoms with Crippen molar-refractivity contribution in [3.8, 4) is 11.5 Å². The van der Waals surface area contributed by atoms with Crippen LogP contribution < -0.4 is 10.1 Å². The normalized spacial score (nSPS) is 10.2. The average molecular weight is 367 g/mol. The smallest absolute Gasteiger partial charge is 0.349 e. The maximum atomic E-state index is 12.0. The summed E-state index contributed by atoms with van der Waals surface area (Å²) in [5.74, 6) is 0.398. The van der Waals surface area contributed by atoms with Crippen LogP contribution in [-0.4, -0.2) is 18.5 Å². The van der Waals surface area contributed by atoms with Crippen LogP contribution in [-0.2, 0) is 9.53 Å². The number of nitrogens with one attached hydrogen (secondary N) is 1. The number of amides is 1. The lowest BCUT2D eigenvalue weighted by molar-refractivity contribution is -0.119. The number of hydrogen-bond donors (Lipinski definition) is 1. The molecule has 0 bridgehead atoms. The van der Waals surface area contributed by atoms with Crippen molar-refractivity contribution in [2.24, 2.45) is 0 Å². The van der Waals surface area contributed by atoms with Gasteiger partial charge in [0.1, 0.15) is 16.4 Å². The summed E-state index contributed by atoms with van der Waals surface area (Å²) in [4.78, 5) is 24.5. The molecule has 0 fully saturated rings. The summed E-state index contributed by atoms with van der Waals surface area (Å²) in [7, 11) is 0. The van der Waals surface area contributed by atoms with Crippen molar-refractivity contribution >= 4 is 28.9 Å². The summed E-state index contributed by atoms with van der Waals surface area (Å²) in [6.45, 7) is 1.48. The maximum Gasteiger partial charge on any atom is 0.349 e. The summed E-state index contributed by atoms with van der Waals surface area (Å²) in [5.41, 5.74) is 1.40. The van der Waals surface area contributed by atoms with Gasteiger partial charge in [0.05, 0.1) is 0 Å². The van der Waals surface area contributed by atoms with Gasteiger partial charge >= 0.3 is 5.97 Å². The minimum atomic E-state index is -0.492. The first-order valence-corrected chi connectivity index (χ1v) is 8.84. The molecule has 0 unspecified atom stereocenters. The summed E-state index contributed by atoms with van der Waals surface area (Å²) in [6.07, 6.45) is 0. The number of carbonyl (C=O) groups excluding carboxylic acids is 2. The van der Waals surface area contributed by atoms with E-state index in [2.05, 4.69) is 5.32 Å². The maximum absolute atomic E-state index is 12.0. The molecular weight excluding hydrogens is 350 g/mol. The highest BCUT2D eigenvalue weighted by Crippen LogP contribution is 2.23. The minimum absolute atomic E-state index is 0.347. The van der Waals surface area contributed by atoms with Crippen LogP contribution in [0, 0.1) is 6.92 Å². The van der Waals surface area contributed by atoms with E-state index in [0.717, 1.165) is 5.56 Å². The molecule has 1 heterocycles. The van der Waals surface area contributed by atoms with Gasteiger partial charge in [0, 0.05) is 11.8 Å². The number of esters is 1. The van der Waals surface area contributed by atoms with E-state index in [1.165, 1.54) is 11.3 Å². The van der Waals surface area contributed by atoms with Crippen molar-refractivity contribution in [2.75, 3.05) is 11.9 Å². The number of hydrogen-bond acceptors (Lipinski definition) is 5. The molecule has 6 heteroatoms. The Balaban J connectivity index is 1.55. The zero-order valence-corrected chi connectivity index (χ0v) is 14.9. The van der Waals surface area contributed by atoms with Gasteiger partial charge in [-0.1, -0.05) is 24.3 Å². The van der Waals surface area contributed by atoms with E-state index < -0.39 is 11.9 Å². The molecule has 0 saturated heterocycles. The zero-order chi connectivity index (χ0) is 18.4. The Morgan fingerprint density at radius 1 is 1.00 bits per heavy atom. The number of aryl methyl sites for hydroxylation is 1. The molecule has 3 rings (SSSR count). The number of anilines is 1. The predicted molar refractivity (Wildman–Crippen MR) is 101 cm³/mol. The molecule has 1 amide bonds. The lowest BCUT2D eigenvalue weighted by Crippen LogP contribution is -2.20. The summed E-state index contributed by atoms with van der Waals surface area (Å²) in [5, 5.41) is 4.50. The second-order valence-corrected chi connectivity index (χ2v) is 6.42. The van der Waals surface area contributed by atoms with Gasteiger partial charge in [-0.3, -0.25) is 4.79 Å². The molecule has 0 aliphatic rings. The molecule has 1 N–H and O–H groups in total. The van der Waals surface area contributed by atoms with E-state index in [-0.39, 0.29) is 6.61 Å². The van der Waals surface area contributed by atoms with Gasteiger partial charge in [-0.15, -0.1) is 11.3 Å². The van der Waals surface area contributed by atoms with Gasteiger partial charge in [-0.25, -0.2) is 4.79 Å². The van der Waals surface area contributed by atoms with Gasteiger partial charge in [0.25, 0.3) is 5.91 Å². The number of rotatable bonds is 6. The average Bonchev–Trinajstić information content (AvgIpc) is 3.07. The van der Waals surface area contributed by atoms with E-state index in [4.69, 9.17) is 9.47 Å². The van der Waals surface area contributed by atoms with Crippen molar-refractivity contribution in [3.63, 3.8) is 0 Å². The third-order valence-electron chi connectivity index (χ3n) is 3.48. The molecule has 0 radical (unpaired) electrons. The molecule has 0 aliphatic carbocycles. The monoisotopic (exact) mass is 367 g/mol. The second-order valence-electron chi connectivity index (χ2n) is 5.50. The predicted octanol–water partition coefficient (Wildman–Crippen LogP) is 4.64. The molecular formula is C20H17NO4S. The molecule has 0 aliphatic heterocycles. The lowest BCUT2D eigenvalue weighted by atomic mass is 10.3. The van der Waals surface area contributed by atoms with Crippen molar-refractivity contribution in [1.82, 2.24) is 0 Å². The molecule has 0 atom stereocenters. The number of carbonyl (C=O) groups is 2. The fraction of sp³-hybridized carbons (Fsp3) is 0.100. The highest BCUT2D eigenvalue weighted by Gasteiger charge is 2.14. The van der Waals surface area contributed by atoms with Crippen LogP contribution in [0.3, 0.4) is 0 Å². The van der Waals surface area contributed by atoms with Crippen molar-refractivity contribution < 1.29 is 19.1 Å². The third-order valence-corrected chi connectivity index (χ3v) is 4.48. The molecule has 2 aromatic carbocycles. The number of thiophene rings is 1. The first-order chi connectivity index (χ1) is 12.6. The standard InChI is InChI=1S/C20H17NO4S/c1-14-10-11-26-19(14)20(23)24-13-18(22)21-15-6-5-9-17(12-15)25-16-7-3-2-4-8-16/h2-12H,13H2,1H3,(H,21,22). The fourth-order valence-electron chi connectivity index (χ4n) is 2.24. The zero-order valence-electron chi connectivity index (χ0n) is 14.1. The first-order valence-electron chi connectivity index (χ1n) is 7.96. The van der Waals surface area contributed by atoms with Gasteiger partial charge in [-0.05, 0) is 48.2 Å². The first kappa shape index (κ1) is 17.7. The Morgan fingerprint density at radius 2 is 1.77 bits per heavy atom. The Hall–Kier alpha value is -3.12. The van der Waals surface area contributed by atoms with Crippen molar-refractivity contribution in [2.45, 2.75) is 6.92 Å². The van der Waals surface area contributed by atoms with Crippen LogP contribution in [0.4, 0.5) is 5.69 Å². The summed E-state index contributed by atoms with van der Waals surface area (Å²) in [6, 6.07) is 18.2. The van der Waals surface area contributed by atoms with Gasteiger partial charge in [-0.2, -0.15) is 0 Å². The molecule has 0 spiro atoms. The van der Waals surface area contributed by atoms with Gasteiger partial charge in [0.2, 0.25) is 0 Å². The molecule has 132 valence electrons. The molecule has 1 aromatic heterocycles. The quantitative estimate of drug-likeness (QED) is 0.645. The van der Waals surface area contributed by atoms with E-state index in [1.807, 2.05) is 48.7 Å². The number of ether oxygens (including phenoxy) is 2. The second kappa shape index (κ2) is 8.31. The highest BCUT2D eigenvalue weighted by molar-refractivity contribution is 7.12. The van der Waals surface area contributed by atoms with Crippen LogP contribution in [0.5, 0.6) is 11.5 Å². The van der Waals surface area contributed by atoms with Crippen LogP contribution in [0.2, 0.25) is 0 Å². The van der Waals surface area contributed by atoms with Crippen molar-refractivity contribution in [1.29, 1.82) is 0 Å².